The van der Waals surface area contributed by atoms with Gasteiger partial charge in [0.2, 0.25) is 11.8 Å². The van der Waals surface area contributed by atoms with Crippen molar-refractivity contribution in [2.24, 2.45) is 17.8 Å². The van der Waals surface area contributed by atoms with Crippen molar-refractivity contribution in [2.45, 2.75) is 57.9 Å². The molecule has 2 N–H and O–H groups in total. The average Bonchev–Trinajstić information content (AvgIpc) is 3.18. The lowest BCUT2D eigenvalue weighted by molar-refractivity contribution is -0.130. The molecule has 3 aliphatic rings. The Morgan fingerprint density at radius 3 is 2.74 bits per heavy atom. The van der Waals surface area contributed by atoms with E-state index < -0.39 is 0 Å². The number of carbonyl (C=O) groups excluding carboxylic acids is 2. The van der Waals surface area contributed by atoms with Gasteiger partial charge >= 0.3 is 0 Å². The maximum atomic E-state index is 12.3. The number of likely N-dealkylation sites (tertiary alicyclic amines) is 1. The summed E-state index contributed by atoms with van der Waals surface area (Å²) in [5.74, 6) is 1.61. The lowest BCUT2D eigenvalue weighted by atomic mass is 9.87. The first-order valence-electron chi connectivity index (χ1n) is 9.41. The number of hydrogen-bond acceptors (Lipinski definition) is 3. The van der Waals surface area contributed by atoms with Crippen LogP contribution in [0.15, 0.2) is 0 Å². The van der Waals surface area contributed by atoms with Crippen LogP contribution in [0.3, 0.4) is 0 Å². The summed E-state index contributed by atoms with van der Waals surface area (Å²) in [5, 5.41) is 6.41. The summed E-state index contributed by atoms with van der Waals surface area (Å²) in [7, 11) is 0. The van der Waals surface area contributed by atoms with Gasteiger partial charge in [0, 0.05) is 25.6 Å². The Morgan fingerprint density at radius 1 is 1.26 bits per heavy atom. The van der Waals surface area contributed by atoms with Crippen LogP contribution in [-0.4, -0.2) is 48.9 Å². The number of hydrogen-bond donors (Lipinski definition) is 2. The lowest BCUT2D eigenvalue weighted by Gasteiger charge is -2.33. The smallest absolute Gasteiger partial charge is 0.225 e. The Balaban J connectivity index is 1.42. The monoisotopic (exact) mass is 321 g/mol. The fourth-order valence-electron chi connectivity index (χ4n) is 4.32. The summed E-state index contributed by atoms with van der Waals surface area (Å²) in [5.41, 5.74) is 0. The first kappa shape index (κ1) is 16.7. The van der Waals surface area contributed by atoms with E-state index in [1.54, 1.807) is 0 Å². The molecule has 2 heterocycles. The highest BCUT2D eigenvalue weighted by atomic mass is 16.2. The first-order chi connectivity index (χ1) is 11.1. The molecule has 0 aromatic carbocycles. The molecule has 0 aromatic rings. The van der Waals surface area contributed by atoms with Crippen molar-refractivity contribution in [1.29, 1.82) is 0 Å². The van der Waals surface area contributed by atoms with Crippen LogP contribution in [0.1, 0.15) is 51.9 Å². The molecule has 130 valence electrons. The highest BCUT2D eigenvalue weighted by molar-refractivity contribution is 5.89. The number of nitrogens with zero attached hydrogens (tertiary/aromatic N) is 1. The Bertz CT molecular complexity index is 426. The minimum absolute atomic E-state index is 0.0796. The van der Waals surface area contributed by atoms with E-state index in [1.165, 1.54) is 19.3 Å². The van der Waals surface area contributed by atoms with Crippen LogP contribution < -0.4 is 10.6 Å². The molecule has 0 spiro atoms. The van der Waals surface area contributed by atoms with Crippen molar-refractivity contribution in [3.8, 4) is 0 Å². The van der Waals surface area contributed by atoms with E-state index >= 15 is 0 Å². The Hall–Kier alpha value is -1.10. The van der Waals surface area contributed by atoms with Gasteiger partial charge in [0.1, 0.15) is 0 Å². The van der Waals surface area contributed by atoms with E-state index in [9.17, 15) is 9.59 Å². The molecule has 0 aromatic heterocycles. The molecule has 2 aliphatic heterocycles. The van der Waals surface area contributed by atoms with E-state index in [4.69, 9.17) is 0 Å². The molecule has 5 heteroatoms. The highest BCUT2D eigenvalue weighted by Crippen LogP contribution is 2.31. The normalized spacial score (nSPS) is 34.8. The predicted molar refractivity (Wildman–Crippen MR) is 89.8 cm³/mol. The van der Waals surface area contributed by atoms with Gasteiger partial charge in [0.15, 0.2) is 0 Å². The summed E-state index contributed by atoms with van der Waals surface area (Å²) in [4.78, 5) is 26.6. The van der Waals surface area contributed by atoms with E-state index in [1.807, 2.05) is 4.90 Å². The quantitative estimate of drug-likeness (QED) is 0.807. The predicted octanol–water partition coefficient (Wildman–Crippen LogP) is 1.53. The summed E-state index contributed by atoms with van der Waals surface area (Å²) in [6, 6.07) is 0.376. The maximum absolute atomic E-state index is 12.3. The zero-order valence-corrected chi connectivity index (χ0v) is 14.4. The van der Waals surface area contributed by atoms with Crippen molar-refractivity contribution < 1.29 is 9.59 Å². The van der Waals surface area contributed by atoms with Crippen LogP contribution in [0.5, 0.6) is 0 Å². The molecule has 2 saturated heterocycles. The maximum Gasteiger partial charge on any atom is 0.225 e. The van der Waals surface area contributed by atoms with Crippen LogP contribution in [-0.2, 0) is 9.59 Å². The Kier molecular flexibility index (Phi) is 5.57. The van der Waals surface area contributed by atoms with Gasteiger partial charge in [0.05, 0.1) is 5.92 Å². The summed E-state index contributed by atoms with van der Waals surface area (Å²) in [6.07, 6.45) is 7.30. The third-order valence-corrected chi connectivity index (χ3v) is 5.97. The van der Waals surface area contributed by atoms with Gasteiger partial charge in [-0.05, 0) is 63.5 Å². The fraction of sp³-hybridized carbons (Fsp3) is 0.889. The molecule has 2 amide bonds. The van der Waals surface area contributed by atoms with Crippen molar-refractivity contribution in [3.05, 3.63) is 0 Å². The van der Waals surface area contributed by atoms with Gasteiger partial charge in [-0.25, -0.2) is 0 Å². The van der Waals surface area contributed by atoms with Gasteiger partial charge in [-0.3, -0.25) is 9.59 Å². The molecule has 23 heavy (non-hydrogen) atoms. The minimum atomic E-state index is -0.136. The molecular weight excluding hydrogens is 290 g/mol. The fourth-order valence-corrected chi connectivity index (χ4v) is 4.32. The summed E-state index contributed by atoms with van der Waals surface area (Å²) >= 11 is 0. The summed E-state index contributed by atoms with van der Waals surface area (Å²) in [6.45, 7) is 5.85. The van der Waals surface area contributed by atoms with Gasteiger partial charge in [-0.2, -0.15) is 0 Å². The van der Waals surface area contributed by atoms with Crippen molar-refractivity contribution in [2.75, 3.05) is 26.2 Å². The molecule has 2 atom stereocenters. The average molecular weight is 321 g/mol. The Morgan fingerprint density at radius 2 is 2.04 bits per heavy atom. The summed E-state index contributed by atoms with van der Waals surface area (Å²) < 4.78 is 0. The molecule has 0 radical (unpaired) electrons. The standard InChI is InChI=1S/C18H31N3O2/c1-13-2-4-16(5-3-13)21-12-15(10-17(21)22)18(23)20-9-7-14-6-8-19-11-14/h13-16,19H,2-12H2,1H3,(H,20,23). The second-order valence-corrected chi connectivity index (χ2v) is 7.80. The minimum Gasteiger partial charge on any atom is -0.356 e. The van der Waals surface area contributed by atoms with Gasteiger partial charge < -0.3 is 15.5 Å². The third kappa shape index (κ3) is 4.25. The number of amides is 2. The molecule has 1 aliphatic carbocycles. The molecule has 3 fully saturated rings. The second kappa shape index (κ2) is 7.65. The largest absolute Gasteiger partial charge is 0.356 e. The highest BCUT2D eigenvalue weighted by Gasteiger charge is 2.38. The molecular formula is C18H31N3O2. The molecule has 3 rings (SSSR count). The molecule has 0 bridgehead atoms. The number of nitrogens with one attached hydrogen (secondary N) is 2. The van der Waals surface area contributed by atoms with E-state index in [-0.39, 0.29) is 17.7 Å². The van der Waals surface area contributed by atoms with Crippen LogP contribution in [0.4, 0.5) is 0 Å². The molecule has 1 saturated carbocycles. The van der Waals surface area contributed by atoms with E-state index in [0.29, 0.717) is 24.9 Å². The van der Waals surface area contributed by atoms with Crippen LogP contribution in [0.25, 0.3) is 0 Å². The molecule has 5 nitrogen and oxygen atoms in total. The lowest BCUT2D eigenvalue weighted by Crippen LogP contribution is -2.40. The number of carbonyl (C=O) groups is 2. The van der Waals surface area contributed by atoms with Crippen LogP contribution >= 0.6 is 0 Å². The van der Waals surface area contributed by atoms with Crippen molar-refractivity contribution in [1.82, 2.24) is 15.5 Å². The van der Waals surface area contributed by atoms with Crippen molar-refractivity contribution >= 4 is 11.8 Å². The zero-order valence-electron chi connectivity index (χ0n) is 14.4. The van der Waals surface area contributed by atoms with E-state index in [0.717, 1.165) is 44.8 Å². The van der Waals surface area contributed by atoms with Crippen molar-refractivity contribution in [3.63, 3.8) is 0 Å². The van der Waals surface area contributed by atoms with Gasteiger partial charge in [-0.1, -0.05) is 6.92 Å². The number of rotatable bonds is 5. The Labute approximate surface area is 139 Å². The third-order valence-electron chi connectivity index (χ3n) is 5.97. The van der Waals surface area contributed by atoms with Gasteiger partial charge in [0.25, 0.3) is 0 Å². The van der Waals surface area contributed by atoms with Gasteiger partial charge in [-0.15, -0.1) is 0 Å². The van der Waals surface area contributed by atoms with Crippen LogP contribution in [0.2, 0.25) is 0 Å². The van der Waals surface area contributed by atoms with E-state index in [2.05, 4.69) is 17.6 Å². The second-order valence-electron chi connectivity index (χ2n) is 7.80. The SMILES string of the molecule is CC1CCC(N2CC(C(=O)NCCC3CCNC3)CC2=O)CC1. The topological polar surface area (TPSA) is 61.4 Å². The zero-order chi connectivity index (χ0) is 16.2. The first-order valence-corrected chi connectivity index (χ1v) is 9.41. The molecule has 2 unspecified atom stereocenters. The van der Waals surface area contributed by atoms with Crippen LogP contribution in [0, 0.1) is 17.8 Å².